The van der Waals surface area contributed by atoms with Crippen LogP contribution in [0.4, 0.5) is 9.93 Å². The van der Waals surface area contributed by atoms with Gasteiger partial charge in [-0.25, -0.2) is 4.79 Å². The van der Waals surface area contributed by atoms with Crippen molar-refractivity contribution in [2.45, 2.75) is 57.9 Å². The molecule has 0 spiro atoms. The standard InChI is InChI=1S/C18H25N5OS/c1-3-6-13(2)16-21-22-17(25-16)20-18(24)23-10-5-8-15(23)11-14-7-4-9-19-12-14/h4,7,9,12-13,15H,3,5-6,8,10-11H2,1-2H3,(H,20,22,24)/t13-,15-/m1/s1. The van der Waals surface area contributed by atoms with Crippen molar-refractivity contribution in [3.05, 3.63) is 35.1 Å². The van der Waals surface area contributed by atoms with Gasteiger partial charge in [-0.3, -0.25) is 10.3 Å². The fourth-order valence-electron chi connectivity index (χ4n) is 3.31. The summed E-state index contributed by atoms with van der Waals surface area (Å²) in [6, 6.07) is 4.15. The van der Waals surface area contributed by atoms with E-state index in [1.165, 1.54) is 16.9 Å². The average Bonchev–Trinajstić information content (AvgIpc) is 3.25. The van der Waals surface area contributed by atoms with Gasteiger partial charge in [0.2, 0.25) is 5.13 Å². The molecule has 0 bridgehead atoms. The second-order valence-corrected chi connectivity index (χ2v) is 7.63. The minimum absolute atomic E-state index is 0.0720. The van der Waals surface area contributed by atoms with Crippen molar-refractivity contribution >= 4 is 22.5 Å². The summed E-state index contributed by atoms with van der Waals surface area (Å²) in [7, 11) is 0. The van der Waals surface area contributed by atoms with Crippen LogP contribution in [0.15, 0.2) is 24.5 Å². The van der Waals surface area contributed by atoms with Gasteiger partial charge in [-0.2, -0.15) is 0 Å². The predicted octanol–water partition coefficient (Wildman–Crippen LogP) is 4.08. The zero-order valence-corrected chi connectivity index (χ0v) is 15.6. The Kier molecular flexibility index (Phi) is 5.96. The second-order valence-electron chi connectivity index (χ2n) is 6.62. The molecule has 1 N–H and O–H groups in total. The lowest BCUT2D eigenvalue weighted by Crippen LogP contribution is -2.39. The van der Waals surface area contributed by atoms with Crippen LogP contribution in [0.3, 0.4) is 0 Å². The molecule has 0 radical (unpaired) electrons. The summed E-state index contributed by atoms with van der Waals surface area (Å²) in [6.45, 7) is 5.10. The molecular formula is C18H25N5OS. The number of nitrogens with zero attached hydrogens (tertiary/aromatic N) is 4. The number of anilines is 1. The van der Waals surface area contributed by atoms with Crippen molar-refractivity contribution in [3.63, 3.8) is 0 Å². The number of hydrogen-bond acceptors (Lipinski definition) is 5. The summed E-state index contributed by atoms with van der Waals surface area (Å²) in [5.41, 5.74) is 1.17. The summed E-state index contributed by atoms with van der Waals surface area (Å²) in [6.07, 6.45) is 8.75. The SMILES string of the molecule is CCC[C@@H](C)c1nnc(NC(=O)N2CCC[C@@H]2Cc2cccnc2)s1. The van der Waals surface area contributed by atoms with Crippen LogP contribution in [0.25, 0.3) is 0 Å². The minimum Gasteiger partial charge on any atom is -0.321 e. The van der Waals surface area contributed by atoms with Crippen LogP contribution in [-0.4, -0.2) is 38.7 Å². The van der Waals surface area contributed by atoms with Gasteiger partial charge in [-0.15, -0.1) is 10.2 Å². The summed E-state index contributed by atoms with van der Waals surface area (Å²) in [5, 5.41) is 12.9. The number of likely N-dealkylation sites (tertiary alicyclic amines) is 1. The number of aromatic nitrogens is 3. The van der Waals surface area contributed by atoms with Crippen molar-refractivity contribution in [1.29, 1.82) is 0 Å². The molecular weight excluding hydrogens is 334 g/mol. The van der Waals surface area contributed by atoms with Crippen molar-refractivity contribution in [3.8, 4) is 0 Å². The third-order valence-corrected chi connectivity index (χ3v) is 5.70. The maximum absolute atomic E-state index is 12.7. The van der Waals surface area contributed by atoms with Crippen LogP contribution in [0, 0.1) is 0 Å². The van der Waals surface area contributed by atoms with Crippen LogP contribution in [0.5, 0.6) is 0 Å². The van der Waals surface area contributed by atoms with E-state index in [-0.39, 0.29) is 12.1 Å². The average molecular weight is 359 g/mol. The van der Waals surface area contributed by atoms with Crippen LogP contribution in [0.2, 0.25) is 0 Å². The monoisotopic (exact) mass is 359 g/mol. The van der Waals surface area contributed by atoms with E-state index in [0.29, 0.717) is 11.0 Å². The third-order valence-electron chi connectivity index (χ3n) is 4.63. The molecule has 1 aliphatic heterocycles. The van der Waals surface area contributed by atoms with E-state index < -0.39 is 0 Å². The minimum atomic E-state index is -0.0720. The Morgan fingerprint density at radius 1 is 1.48 bits per heavy atom. The van der Waals surface area contributed by atoms with Crippen LogP contribution in [0.1, 0.15) is 56.0 Å². The molecule has 1 fully saturated rings. The van der Waals surface area contributed by atoms with E-state index in [4.69, 9.17) is 0 Å². The lowest BCUT2D eigenvalue weighted by atomic mass is 10.1. The Bertz CT molecular complexity index is 690. The van der Waals surface area contributed by atoms with Gasteiger partial charge in [0.05, 0.1) is 0 Å². The molecule has 1 aliphatic rings. The molecule has 6 nitrogen and oxygen atoms in total. The van der Waals surface area contributed by atoms with Crippen molar-refractivity contribution in [1.82, 2.24) is 20.1 Å². The Balaban J connectivity index is 1.60. The van der Waals surface area contributed by atoms with E-state index in [2.05, 4.69) is 40.4 Å². The van der Waals surface area contributed by atoms with E-state index in [1.54, 1.807) is 6.20 Å². The Morgan fingerprint density at radius 3 is 3.12 bits per heavy atom. The molecule has 2 aromatic heterocycles. The molecule has 0 saturated carbocycles. The first-order valence-electron chi connectivity index (χ1n) is 8.97. The van der Waals surface area contributed by atoms with Crippen molar-refractivity contribution in [2.75, 3.05) is 11.9 Å². The predicted molar refractivity (Wildman–Crippen MR) is 99.9 cm³/mol. The molecule has 134 valence electrons. The highest BCUT2D eigenvalue weighted by molar-refractivity contribution is 7.15. The number of amides is 2. The topological polar surface area (TPSA) is 71.0 Å². The fraction of sp³-hybridized carbons (Fsp3) is 0.556. The molecule has 3 rings (SSSR count). The van der Waals surface area contributed by atoms with Crippen molar-refractivity contribution in [2.24, 2.45) is 0 Å². The van der Waals surface area contributed by atoms with Gasteiger partial charge in [0.1, 0.15) is 5.01 Å². The van der Waals surface area contributed by atoms with Gasteiger partial charge in [0, 0.05) is 30.9 Å². The summed E-state index contributed by atoms with van der Waals surface area (Å²) in [4.78, 5) is 18.7. The number of rotatable bonds is 6. The van der Waals surface area contributed by atoms with Gasteiger partial charge in [-0.1, -0.05) is 37.7 Å². The maximum Gasteiger partial charge on any atom is 0.323 e. The summed E-state index contributed by atoms with van der Waals surface area (Å²) < 4.78 is 0. The number of carbonyl (C=O) groups excluding carboxylic acids is 1. The van der Waals surface area contributed by atoms with Crippen LogP contribution in [-0.2, 0) is 6.42 Å². The number of carbonyl (C=O) groups is 1. The molecule has 0 aliphatic carbocycles. The summed E-state index contributed by atoms with van der Waals surface area (Å²) >= 11 is 1.48. The normalized spacial score (nSPS) is 18.3. The van der Waals surface area contributed by atoms with Crippen LogP contribution >= 0.6 is 11.3 Å². The zero-order chi connectivity index (χ0) is 17.6. The van der Waals surface area contributed by atoms with Crippen molar-refractivity contribution < 1.29 is 4.79 Å². The Labute approximate surface area is 152 Å². The molecule has 3 heterocycles. The first-order valence-corrected chi connectivity index (χ1v) is 9.79. The molecule has 2 amide bonds. The van der Waals surface area contributed by atoms with Gasteiger partial charge in [0.25, 0.3) is 0 Å². The quantitative estimate of drug-likeness (QED) is 0.844. The van der Waals surface area contributed by atoms with Gasteiger partial charge < -0.3 is 4.90 Å². The van der Waals surface area contributed by atoms with E-state index in [9.17, 15) is 4.79 Å². The first-order chi connectivity index (χ1) is 12.2. The third kappa shape index (κ3) is 4.54. The highest BCUT2D eigenvalue weighted by Crippen LogP contribution is 2.27. The number of pyridine rings is 1. The number of nitrogens with one attached hydrogen (secondary N) is 1. The Hall–Kier alpha value is -2.02. The van der Waals surface area contributed by atoms with Crippen LogP contribution < -0.4 is 5.32 Å². The lowest BCUT2D eigenvalue weighted by Gasteiger charge is -2.24. The lowest BCUT2D eigenvalue weighted by molar-refractivity contribution is 0.206. The van der Waals surface area contributed by atoms with Gasteiger partial charge in [-0.05, 0) is 37.3 Å². The molecule has 2 aromatic rings. The zero-order valence-electron chi connectivity index (χ0n) is 14.8. The van der Waals surface area contributed by atoms with E-state index in [0.717, 1.165) is 43.7 Å². The largest absolute Gasteiger partial charge is 0.323 e. The maximum atomic E-state index is 12.7. The van der Waals surface area contributed by atoms with Gasteiger partial charge >= 0.3 is 6.03 Å². The fourth-order valence-corrected chi connectivity index (χ4v) is 4.13. The molecule has 7 heteroatoms. The molecule has 25 heavy (non-hydrogen) atoms. The molecule has 0 aromatic carbocycles. The number of urea groups is 1. The summed E-state index contributed by atoms with van der Waals surface area (Å²) in [5.74, 6) is 0.387. The first kappa shape index (κ1) is 17.8. The molecule has 0 unspecified atom stereocenters. The Morgan fingerprint density at radius 2 is 2.36 bits per heavy atom. The second kappa shape index (κ2) is 8.38. The van der Waals surface area contributed by atoms with Gasteiger partial charge in [0.15, 0.2) is 0 Å². The van der Waals surface area contributed by atoms with E-state index >= 15 is 0 Å². The van der Waals surface area contributed by atoms with E-state index in [1.807, 2.05) is 17.2 Å². The highest BCUT2D eigenvalue weighted by atomic mass is 32.1. The smallest absolute Gasteiger partial charge is 0.321 e. The molecule has 2 atom stereocenters. The molecule has 1 saturated heterocycles. The number of hydrogen-bond donors (Lipinski definition) is 1. The highest BCUT2D eigenvalue weighted by Gasteiger charge is 2.29.